The van der Waals surface area contributed by atoms with Gasteiger partial charge in [0.15, 0.2) is 5.76 Å². The number of hydrogen-bond acceptors (Lipinski definition) is 5. The third-order valence-corrected chi connectivity index (χ3v) is 3.48. The van der Waals surface area contributed by atoms with Gasteiger partial charge in [-0.3, -0.25) is 14.9 Å². The van der Waals surface area contributed by atoms with Crippen LogP contribution in [0.1, 0.15) is 29.1 Å². The van der Waals surface area contributed by atoms with Gasteiger partial charge in [-0.25, -0.2) is 4.68 Å². The average Bonchev–Trinajstić information content (AvgIpc) is 3.26. The fraction of sp³-hybridized carbons (Fsp3) is 0.125. The maximum absolute atomic E-state index is 12.1. The number of carbonyl (C=O) groups excluding carboxylic acids is 1. The van der Waals surface area contributed by atoms with Crippen molar-refractivity contribution in [2.45, 2.75) is 13.0 Å². The first-order valence-corrected chi connectivity index (χ1v) is 7.19. The highest BCUT2D eigenvalue weighted by atomic mass is 16.6. The second-order valence-corrected chi connectivity index (χ2v) is 5.14. The first-order valence-electron chi connectivity index (χ1n) is 7.19. The standard InChI is InChI=1S/C16H14N4O4/c1-11(18-16(21)14-6-7-15(24-14)20(22)23)12-4-2-5-13(10-12)19-9-3-8-17-19/h2-11H,1H3,(H,18,21)/t11-/m0/s1. The molecule has 2 aromatic heterocycles. The molecule has 1 N–H and O–H groups in total. The van der Waals surface area contributed by atoms with E-state index in [0.29, 0.717) is 0 Å². The highest BCUT2D eigenvalue weighted by Gasteiger charge is 2.19. The molecule has 0 fully saturated rings. The summed E-state index contributed by atoms with van der Waals surface area (Å²) >= 11 is 0. The number of nitrogens with one attached hydrogen (secondary N) is 1. The number of aromatic nitrogens is 2. The molecule has 3 aromatic rings. The number of carbonyl (C=O) groups is 1. The molecule has 0 aliphatic carbocycles. The topological polar surface area (TPSA) is 103 Å². The smallest absolute Gasteiger partial charge is 0.395 e. The molecule has 0 radical (unpaired) electrons. The predicted octanol–water partition coefficient (Wildman–Crippen LogP) is 2.86. The average molecular weight is 326 g/mol. The molecule has 24 heavy (non-hydrogen) atoms. The van der Waals surface area contributed by atoms with Crippen LogP contribution >= 0.6 is 0 Å². The number of hydrogen-bond donors (Lipinski definition) is 1. The van der Waals surface area contributed by atoms with Crippen molar-refractivity contribution in [3.8, 4) is 5.69 Å². The minimum atomic E-state index is -0.687. The summed E-state index contributed by atoms with van der Waals surface area (Å²) in [5.74, 6) is -1.08. The highest BCUT2D eigenvalue weighted by Crippen LogP contribution is 2.19. The van der Waals surface area contributed by atoms with Crippen molar-refractivity contribution in [3.05, 3.63) is 76.3 Å². The van der Waals surface area contributed by atoms with Gasteiger partial charge in [0.2, 0.25) is 0 Å². The fourth-order valence-corrected chi connectivity index (χ4v) is 2.26. The van der Waals surface area contributed by atoms with Crippen molar-refractivity contribution < 1.29 is 14.1 Å². The zero-order valence-corrected chi connectivity index (χ0v) is 12.7. The highest BCUT2D eigenvalue weighted by molar-refractivity contribution is 5.92. The molecular formula is C16H14N4O4. The molecule has 0 bridgehead atoms. The Balaban J connectivity index is 1.74. The van der Waals surface area contributed by atoms with E-state index >= 15 is 0 Å². The zero-order valence-electron chi connectivity index (χ0n) is 12.7. The molecule has 122 valence electrons. The summed E-state index contributed by atoms with van der Waals surface area (Å²) in [7, 11) is 0. The first-order chi connectivity index (χ1) is 11.5. The van der Waals surface area contributed by atoms with E-state index in [1.807, 2.05) is 43.5 Å². The Morgan fingerprint density at radius 2 is 2.17 bits per heavy atom. The number of nitro groups is 1. The molecule has 0 spiro atoms. The molecule has 0 saturated carbocycles. The van der Waals surface area contributed by atoms with Gasteiger partial charge >= 0.3 is 5.88 Å². The van der Waals surface area contributed by atoms with Gasteiger partial charge in [-0.1, -0.05) is 12.1 Å². The number of rotatable bonds is 5. The molecule has 2 heterocycles. The van der Waals surface area contributed by atoms with E-state index in [1.165, 1.54) is 6.07 Å². The van der Waals surface area contributed by atoms with Gasteiger partial charge in [0, 0.05) is 12.4 Å². The number of furan rings is 1. The second-order valence-electron chi connectivity index (χ2n) is 5.14. The minimum Gasteiger partial charge on any atom is -0.395 e. The first kappa shape index (κ1) is 15.5. The van der Waals surface area contributed by atoms with Gasteiger partial charge in [0.05, 0.1) is 17.8 Å². The van der Waals surface area contributed by atoms with Crippen LogP contribution in [0.4, 0.5) is 5.88 Å². The Kier molecular flexibility index (Phi) is 4.11. The third kappa shape index (κ3) is 3.17. The van der Waals surface area contributed by atoms with Gasteiger partial charge in [-0.05, 0) is 36.8 Å². The lowest BCUT2D eigenvalue weighted by Crippen LogP contribution is -2.26. The van der Waals surface area contributed by atoms with Crippen molar-refractivity contribution >= 4 is 11.8 Å². The lowest BCUT2D eigenvalue weighted by atomic mass is 10.1. The third-order valence-electron chi connectivity index (χ3n) is 3.48. The summed E-state index contributed by atoms with van der Waals surface area (Å²) < 4.78 is 6.62. The van der Waals surface area contributed by atoms with Crippen molar-refractivity contribution in [1.82, 2.24) is 15.1 Å². The summed E-state index contributed by atoms with van der Waals surface area (Å²) in [5, 5.41) is 17.5. The van der Waals surface area contributed by atoms with E-state index in [9.17, 15) is 14.9 Å². The van der Waals surface area contributed by atoms with Crippen LogP contribution in [0.5, 0.6) is 0 Å². The molecule has 8 heteroatoms. The number of nitrogens with zero attached hydrogens (tertiary/aromatic N) is 3. The molecular weight excluding hydrogens is 312 g/mol. The quantitative estimate of drug-likeness (QED) is 0.573. The van der Waals surface area contributed by atoms with Crippen LogP contribution < -0.4 is 5.32 Å². The summed E-state index contributed by atoms with van der Waals surface area (Å²) in [6.07, 6.45) is 3.51. The lowest BCUT2D eigenvalue weighted by molar-refractivity contribution is -0.402. The van der Waals surface area contributed by atoms with Gasteiger partial charge in [0.25, 0.3) is 5.91 Å². The Bertz CT molecular complexity index is 870. The monoisotopic (exact) mass is 326 g/mol. The Hall–Kier alpha value is -3.42. The number of amides is 1. The van der Waals surface area contributed by atoms with Gasteiger partial charge in [-0.15, -0.1) is 0 Å². The lowest BCUT2D eigenvalue weighted by Gasteiger charge is -2.14. The van der Waals surface area contributed by atoms with E-state index in [0.717, 1.165) is 17.3 Å². The summed E-state index contributed by atoms with van der Waals surface area (Å²) in [6, 6.07) is 11.5. The van der Waals surface area contributed by atoms with E-state index in [4.69, 9.17) is 4.42 Å². The molecule has 0 unspecified atom stereocenters. The SMILES string of the molecule is C[C@H](NC(=O)c1ccc([N+](=O)[O-])o1)c1cccc(-n2cccn2)c1. The predicted molar refractivity (Wildman–Crippen MR) is 84.8 cm³/mol. The van der Waals surface area contributed by atoms with E-state index in [-0.39, 0.29) is 11.8 Å². The van der Waals surface area contributed by atoms with Crippen LogP contribution in [-0.2, 0) is 0 Å². The second kappa shape index (κ2) is 6.37. The maximum Gasteiger partial charge on any atom is 0.433 e. The molecule has 8 nitrogen and oxygen atoms in total. The summed E-state index contributed by atoms with van der Waals surface area (Å²) in [6.45, 7) is 1.82. The largest absolute Gasteiger partial charge is 0.433 e. The molecule has 0 aliphatic rings. The van der Waals surface area contributed by atoms with Crippen LogP contribution in [0.25, 0.3) is 5.69 Å². The minimum absolute atomic E-state index is 0.100. The maximum atomic E-state index is 12.1. The van der Waals surface area contributed by atoms with Crippen LogP contribution in [0.2, 0.25) is 0 Å². The van der Waals surface area contributed by atoms with Crippen LogP contribution in [0.3, 0.4) is 0 Å². The van der Waals surface area contributed by atoms with Crippen LogP contribution in [0, 0.1) is 10.1 Å². The van der Waals surface area contributed by atoms with Crippen molar-refractivity contribution in [1.29, 1.82) is 0 Å². The Morgan fingerprint density at radius 1 is 1.33 bits per heavy atom. The molecule has 0 aliphatic heterocycles. The van der Waals surface area contributed by atoms with Gasteiger partial charge in [-0.2, -0.15) is 5.10 Å². The fourth-order valence-electron chi connectivity index (χ4n) is 2.26. The van der Waals surface area contributed by atoms with Crippen LogP contribution in [0.15, 0.2) is 59.3 Å². The Morgan fingerprint density at radius 3 is 2.83 bits per heavy atom. The van der Waals surface area contributed by atoms with Gasteiger partial charge < -0.3 is 9.73 Å². The zero-order chi connectivity index (χ0) is 17.1. The summed E-state index contributed by atoms with van der Waals surface area (Å²) in [5.41, 5.74) is 1.74. The van der Waals surface area contributed by atoms with E-state index < -0.39 is 16.7 Å². The molecule has 1 aromatic carbocycles. The molecule has 0 saturated heterocycles. The summed E-state index contributed by atoms with van der Waals surface area (Å²) in [4.78, 5) is 22.0. The van der Waals surface area contributed by atoms with Crippen molar-refractivity contribution in [3.63, 3.8) is 0 Å². The van der Waals surface area contributed by atoms with E-state index in [1.54, 1.807) is 10.9 Å². The number of benzene rings is 1. The van der Waals surface area contributed by atoms with Gasteiger partial charge in [0.1, 0.15) is 4.92 Å². The molecule has 1 atom stereocenters. The van der Waals surface area contributed by atoms with Crippen LogP contribution in [-0.4, -0.2) is 20.6 Å². The van der Waals surface area contributed by atoms with Crippen molar-refractivity contribution in [2.24, 2.45) is 0 Å². The van der Waals surface area contributed by atoms with E-state index in [2.05, 4.69) is 10.4 Å². The normalized spacial score (nSPS) is 11.9. The molecule has 3 rings (SSSR count). The molecule has 1 amide bonds. The van der Waals surface area contributed by atoms with Crippen molar-refractivity contribution in [2.75, 3.05) is 0 Å². The Labute approximate surface area is 136 Å².